The van der Waals surface area contributed by atoms with Gasteiger partial charge in [0.05, 0.1) is 21.5 Å². The summed E-state index contributed by atoms with van der Waals surface area (Å²) in [5.41, 5.74) is -0.177. The lowest BCUT2D eigenvalue weighted by Crippen LogP contribution is -1.93. The van der Waals surface area contributed by atoms with Crippen molar-refractivity contribution in [2.24, 2.45) is 0 Å². The van der Waals surface area contributed by atoms with Gasteiger partial charge in [0.1, 0.15) is 0 Å². The molecule has 1 aromatic rings. The molecule has 1 aromatic carbocycles. The van der Waals surface area contributed by atoms with E-state index in [4.69, 9.17) is 9.47 Å². The number of nitrogens with zero attached hydrogens (tertiary/aromatic N) is 2. The zero-order valence-electron chi connectivity index (χ0n) is 8.36. The second-order valence-corrected chi connectivity index (χ2v) is 3.12. The Morgan fingerprint density at radius 3 is 2.41 bits per heavy atom. The van der Waals surface area contributed by atoms with Crippen LogP contribution in [0.2, 0.25) is 0 Å². The van der Waals surface area contributed by atoms with Crippen molar-refractivity contribution in [2.45, 2.75) is 0 Å². The van der Waals surface area contributed by atoms with Crippen LogP contribution in [0.3, 0.4) is 0 Å². The number of hydrogen-bond acceptors (Lipinski definition) is 6. The quantitative estimate of drug-likeness (QED) is 0.584. The van der Waals surface area contributed by atoms with Crippen LogP contribution in [0.5, 0.6) is 11.5 Å². The van der Waals surface area contributed by atoms with Crippen molar-refractivity contribution in [3.63, 3.8) is 0 Å². The Morgan fingerprint density at radius 1 is 1.18 bits per heavy atom. The maximum atomic E-state index is 10.8. The third-order valence-electron chi connectivity index (χ3n) is 2.09. The highest BCUT2D eigenvalue weighted by Crippen LogP contribution is 2.38. The van der Waals surface area contributed by atoms with Gasteiger partial charge in [0.15, 0.2) is 11.5 Å². The van der Waals surface area contributed by atoms with Gasteiger partial charge in [0.25, 0.3) is 5.69 Å². The van der Waals surface area contributed by atoms with Gasteiger partial charge in [-0.2, -0.15) is 0 Å². The van der Waals surface area contributed by atoms with Crippen molar-refractivity contribution in [3.8, 4) is 11.5 Å². The molecule has 88 valence electrons. The highest BCUT2D eigenvalue weighted by Gasteiger charge is 2.22. The van der Waals surface area contributed by atoms with Crippen LogP contribution in [-0.4, -0.2) is 16.6 Å². The van der Waals surface area contributed by atoms with E-state index in [2.05, 4.69) is 0 Å². The summed E-state index contributed by atoms with van der Waals surface area (Å²) in [7, 11) is 0. The van der Waals surface area contributed by atoms with Crippen LogP contribution in [0.4, 0.5) is 5.69 Å². The van der Waals surface area contributed by atoms with E-state index < -0.39 is 9.85 Å². The molecule has 0 saturated heterocycles. The largest absolute Gasteiger partial charge is 0.454 e. The molecule has 1 aliphatic rings. The van der Waals surface area contributed by atoms with Crippen LogP contribution in [0.15, 0.2) is 18.3 Å². The number of hydrogen-bond donors (Lipinski definition) is 0. The van der Waals surface area contributed by atoms with Crippen LogP contribution < -0.4 is 9.47 Å². The summed E-state index contributed by atoms with van der Waals surface area (Å²) in [6.07, 6.45) is 1.67. The summed E-state index contributed by atoms with van der Waals surface area (Å²) < 4.78 is 10.0. The van der Waals surface area contributed by atoms with Gasteiger partial charge in [-0.15, -0.1) is 0 Å². The molecule has 1 aliphatic heterocycles. The summed E-state index contributed by atoms with van der Waals surface area (Å²) in [6.45, 7) is -0.0190. The lowest BCUT2D eigenvalue weighted by atomic mass is 10.1. The average molecular weight is 238 g/mol. The van der Waals surface area contributed by atoms with E-state index in [1.165, 1.54) is 12.1 Å². The average Bonchev–Trinajstić information content (AvgIpc) is 2.71. The fraction of sp³-hybridized carbons (Fsp3) is 0.111. The van der Waals surface area contributed by atoms with Crippen molar-refractivity contribution in [2.75, 3.05) is 6.79 Å². The second-order valence-electron chi connectivity index (χ2n) is 3.12. The molecule has 0 saturated carbocycles. The Labute approximate surface area is 94.4 Å². The Hall–Kier alpha value is -2.64. The topological polar surface area (TPSA) is 105 Å². The van der Waals surface area contributed by atoms with E-state index in [0.717, 1.165) is 6.08 Å². The first-order valence-corrected chi connectivity index (χ1v) is 4.47. The smallest absolute Gasteiger partial charge is 0.280 e. The number of nitro groups is 2. The minimum Gasteiger partial charge on any atom is -0.454 e. The summed E-state index contributed by atoms with van der Waals surface area (Å²) in [5.74, 6) is 0.591. The molecule has 0 aromatic heterocycles. The second kappa shape index (κ2) is 4.08. The standard InChI is InChI=1S/C9H6N2O6/c12-10(13)2-1-6-3-8-9(17-5-16-8)4-7(6)11(14)15/h1-4H,5H2/b2-1-. The molecule has 0 spiro atoms. The minimum atomic E-state index is -0.700. The van der Waals surface area contributed by atoms with E-state index in [-0.39, 0.29) is 23.8 Å². The fourth-order valence-electron chi connectivity index (χ4n) is 1.38. The lowest BCUT2D eigenvalue weighted by molar-refractivity contribution is -0.401. The van der Waals surface area contributed by atoms with Crippen LogP contribution in [0, 0.1) is 20.2 Å². The maximum Gasteiger partial charge on any atom is 0.280 e. The predicted molar refractivity (Wildman–Crippen MR) is 55.2 cm³/mol. The first kappa shape index (κ1) is 10.9. The van der Waals surface area contributed by atoms with Crippen LogP contribution in [-0.2, 0) is 0 Å². The van der Waals surface area contributed by atoms with Crippen molar-refractivity contribution in [1.29, 1.82) is 0 Å². The first-order valence-electron chi connectivity index (χ1n) is 4.47. The first-order chi connectivity index (χ1) is 8.08. The van der Waals surface area contributed by atoms with Gasteiger partial charge in [0, 0.05) is 6.08 Å². The Morgan fingerprint density at radius 2 is 1.82 bits per heavy atom. The maximum absolute atomic E-state index is 10.8. The molecule has 8 heteroatoms. The molecule has 0 fully saturated rings. The number of nitro benzene ring substituents is 1. The summed E-state index contributed by atoms with van der Waals surface area (Å²) >= 11 is 0. The monoisotopic (exact) mass is 238 g/mol. The molecule has 8 nitrogen and oxygen atoms in total. The molecular weight excluding hydrogens is 232 g/mol. The Bertz CT molecular complexity index is 524. The SMILES string of the molecule is O=[N+]([O-])/C=C\c1cc2c(cc1[N+](=O)[O-])OCO2. The van der Waals surface area contributed by atoms with Crippen molar-refractivity contribution in [1.82, 2.24) is 0 Å². The van der Waals surface area contributed by atoms with Crippen molar-refractivity contribution >= 4 is 11.8 Å². The molecule has 0 N–H and O–H groups in total. The number of fused-ring (bicyclic) bond motifs is 1. The fourth-order valence-corrected chi connectivity index (χ4v) is 1.38. The highest BCUT2D eigenvalue weighted by molar-refractivity contribution is 5.66. The van der Waals surface area contributed by atoms with Gasteiger partial charge in [-0.25, -0.2) is 0 Å². The van der Waals surface area contributed by atoms with Crippen LogP contribution >= 0.6 is 0 Å². The van der Waals surface area contributed by atoms with Gasteiger partial charge >= 0.3 is 0 Å². The normalized spacial score (nSPS) is 12.9. The van der Waals surface area contributed by atoms with Gasteiger partial charge in [-0.3, -0.25) is 20.2 Å². The molecule has 0 bridgehead atoms. The Kier molecular flexibility index (Phi) is 2.61. The number of rotatable bonds is 3. The molecule has 0 atom stereocenters. The van der Waals surface area contributed by atoms with Crippen LogP contribution in [0.1, 0.15) is 5.56 Å². The summed E-state index contributed by atoms with van der Waals surface area (Å²) in [6, 6.07) is 2.52. The third-order valence-corrected chi connectivity index (χ3v) is 2.09. The third kappa shape index (κ3) is 2.14. The highest BCUT2D eigenvalue weighted by atomic mass is 16.7. The Balaban J connectivity index is 2.48. The minimum absolute atomic E-state index is 0.0190. The molecule has 0 aliphatic carbocycles. The van der Waals surface area contributed by atoms with Gasteiger partial charge in [-0.05, 0) is 6.07 Å². The lowest BCUT2D eigenvalue weighted by Gasteiger charge is -1.99. The van der Waals surface area contributed by atoms with E-state index in [0.29, 0.717) is 11.9 Å². The number of benzene rings is 1. The number of ether oxygens (including phenoxy) is 2. The van der Waals surface area contributed by atoms with Crippen molar-refractivity contribution in [3.05, 3.63) is 44.1 Å². The van der Waals surface area contributed by atoms with Crippen LogP contribution in [0.25, 0.3) is 6.08 Å². The molecule has 1 heterocycles. The zero-order chi connectivity index (χ0) is 12.4. The molecule has 17 heavy (non-hydrogen) atoms. The molecule has 0 radical (unpaired) electrons. The molecule has 0 unspecified atom stereocenters. The molecule has 2 rings (SSSR count). The summed E-state index contributed by atoms with van der Waals surface area (Å²) in [5, 5.41) is 21.0. The van der Waals surface area contributed by atoms with E-state index in [1.807, 2.05) is 0 Å². The van der Waals surface area contributed by atoms with Crippen molar-refractivity contribution < 1.29 is 19.3 Å². The van der Waals surface area contributed by atoms with E-state index in [9.17, 15) is 20.2 Å². The van der Waals surface area contributed by atoms with E-state index in [1.54, 1.807) is 0 Å². The van der Waals surface area contributed by atoms with Gasteiger partial charge < -0.3 is 9.47 Å². The van der Waals surface area contributed by atoms with Gasteiger partial charge in [-0.1, -0.05) is 0 Å². The molecule has 0 amide bonds. The summed E-state index contributed by atoms with van der Waals surface area (Å²) in [4.78, 5) is 19.6. The predicted octanol–water partition coefficient (Wildman–Crippen LogP) is 1.57. The molecular formula is C9H6N2O6. The van der Waals surface area contributed by atoms with Gasteiger partial charge in [0.2, 0.25) is 13.0 Å². The van der Waals surface area contributed by atoms with E-state index >= 15 is 0 Å². The zero-order valence-corrected chi connectivity index (χ0v) is 8.36.